The fraction of sp³-hybridized carbons (Fsp3) is 0.304. The SMILES string of the molecule is Cc1nc2ccc(CNC(O)Cc3ccc(Cl)cc3)cc2c(=O)n1C1CCC(=O)NC1=O. The molecule has 0 radical (unpaired) electrons. The molecule has 0 aliphatic carbocycles. The summed E-state index contributed by atoms with van der Waals surface area (Å²) in [6.45, 7) is 2.02. The van der Waals surface area contributed by atoms with Crippen LogP contribution in [0, 0.1) is 6.92 Å². The van der Waals surface area contributed by atoms with Crippen LogP contribution in [0.5, 0.6) is 0 Å². The Bertz CT molecular complexity index is 1240. The zero-order valence-corrected chi connectivity index (χ0v) is 18.2. The van der Waals surface area contributed by atoms with Crippen molar-refractivity contribution in [3.05, 3.63) is 74.8 Å². The average Bonchev–Trinajstić information content (AvgIpc) is 2.75. The highest BCUT2D eigenvalue weighted by Gasteiger charge is 2.30. The smallest absolute Gasteiger partial charge is 0.262 e. The van der Waals surface area contributed by atoms with Crippen LogP contribution in [0.1, 0.15) is 35.8 Å². The molecule has 9 heteroatoms. The summed E-state index contributed by atoms with van der Waals surface area (Å²) in [7, 11) is 0. The fourth-order valence-corrected chi connectivity index (χ4v) is 4.04. The maximum Gasteiger partial charge on any atom is 0.262 e. The first-order valence-corrected chi connectivity index (χ1v) is 10.7. The van der Waals surface area contributed by atoms with E-state index in [9.17, 15) is 19.5 Å². The number of piperidine rings is 1. The van der Waals surface area contributed by atoms with E-state index < -0.39 is 18.2 Å². The molecule has 0 bridgehead atoms. The highest BCUT2D eigenvalue weighted by Crippen LogP contribution is 2.20. The number of nitrogens with one attached hydrogen (secondary N) is 2. The number of aromatic nitrogens is 2. The van der Waals surface area contributed by atoms with Crippen molar-refractivity contribution < 1.29 is 14.7 Å². The topological polar surface area (TPSA) is 113 Å². The molecule has 2 heterocycles. The second-order valence-electron chi connectivity index (χ2n) is 7.88. The Kier molecular flexibility index (Phi) is 6.36. The van der Waals surface area contributed by atoms with Crippen molar-refractivity contribution in [2.24, 2.45) is 0 Å². The first kappa shape index (κ1) is 22.1. The van der Waals surface area contributed by atoms with Crippen molar-refractivity contribution in [1.82, 2.24) is 20.2 Å². The molecule has 3 N–H and O–H groups in total. The van der Waals surface area contributed by atoms with Gasteiger partial charge in [-0.15, -0.1) is 0 Å². The number of amides is 2. The van der Waals surface area contributed by atoms with Crippen LogP contribution in [0.15, 0.2) is 47.3 Å². The lowest BCUT2D eigenvalue weighted by molar-refractivity contribution is -0.135. The molecule has 8 nitrogen and oxygen atoms in total. The van der Waals surface area contributed by atoms with Crippen molar-refractivity contribution in [3.63, 3.8) is 0 Å². The van der Waals surface area contributed by atoms with E-state index in [0.29, 0.717) is 34.7 Å². The van der Waals surface area contributed by atoms with E-state index in [1.54, 1.807) is 31.2 Å². The summed E-state index contributed by atoms with van der Waals surface area (Å²) in [6, 6.07) is 11.8. The number of hydrogen-bond acceptors (Lipinski definition) is 6. The first-order chi connectivity index (χ1) is 15.3. The molecule has 2 unspecified atom stereocenters. The van der Waals surface area contributed by atoms with Crippen molar-refractivity contribution in [2.45, 2.75) is 45.0 Å². The third-order valence-corrected chi connectivity index (χ3v) is 5.80. The molecule has 1 saturated heterocycles. The number of nitrogens with zero attached hydrogens (tertiary/aromatic N) is 2. The van der Waals surface area contributed by atoms with Gasteiger partial charge in [0.1, 0.15) is 18.1 Å². The Morgan fingerprint density at radius 1 is 1.19 bits per heavy atom. The molecule has 4 rings (SSSR count). The summed E-state index contributed by atoms with van der Waals surface area (Å²) in [5, 5.41) is 16.7. The predicted molar refractivity (Wildman–Crippen MR) is 120 cm³/mol. The van der Waals surface area contributed by atoms with Gasteiger partial charge in [0.25, 0.3) is 5.56 Å². The fourth-order valence-electron chi connectivity index (χ4n) is 3.91. The largest absolute Gasteiger partial charge is 0.378 e. The molecular formula is C23H23ClN4O4. The second-order valence-corrected chi connectivity index (χ2v) is 8.32. The van der Waals surface area contributed by atoms with E-state index in [4.69, 9.17) is 11.6 Å². The Hall–Kier alpha value is -3.07. The number of fused-ring (bicyclic) bond motifs is 1. The van der Waals surface area contributed by atoms with Gasteiger partial charge < -0.3 is 5.11 Å². The minimum Gasteiger partial charge on any atom is -0.378 e. The van der Waals surface area contributed by atoms with Gasteiger partial charge in [-0.05, 0) is 48.7 Å². The number of aliphatic hydroxyl groups excluding tert-OH is 1. The summed E-state index contributed by atoms with van der Waals surface area (Å²) in [5.41, 5.74) is 1.94. The van der Waals surface area contributed by atoms with Crippen molar-refractivity contribution in [3.8, 4) is 0 Å². The lowest BCUT2D eigenvalue weighted by Gasteiger charge is -2.24. The Balaban J connectivity index is 1.54. The van der Waals surface area contributed by atoms with Crippen LogP contribution in [0.25, 0.3) is 10.9 Å². The number of aliphatic hydroxyl groups is 1. The molecule has 2 atom stereocenters. The Morgan fingerprint density at radius 2 is 1.91 bits per heavy atom. The third-order valence-electron chi connectivity index (χ3n) is 5.55. The molecule has 1 fully saturated rings. The van der Waals surface area contributed by atoms with Crippen LogP contribution in [-0.2, 0) is 22.6 Å². The van der Waals surface area contributed by atoms with Crippen LogP contribution < -0.4 is 16.2 Å². The summed E-state index contributed by atoms with van der Waals surface area (Å²) >= 11 is 5.89. The van der Waals surface area contributed by atoms with Crippen LogP contribution in [0.3, 0.4) is 0 Å². The zero-order valence-electron chi connectivity index (χ0n) is 17.5. The molecule has 32 heavy (non-hydrogen) atoms. The van der Waals surface area contributed by atoms with Gasteiger partial charge >= 0.3 is 0 Å². The number of imide groups is 1. The van der Waals surface area contributed by atoms with Gasteiger partial charge in [0.05, 0.1) is 10.9 Å². The van der Waals surface area contributed by atoms with E-state index in [0.717, 1.165) is 11.1 Å². The molecular weight excluding hydrogens is 432 g/mol. The van der Waals surface area contributed by atoms with E-state index in [1.807, 2.05) is 18.2 Å². The van der Waals surface area contributed by atoms with E-state index >= 15 is 0 Å². The molecule has 1 aliphatic heterocycles. The van der Waals surface area contributed by atoms with Gasteiger partial charge in [-0.3, -0.25) is 29.6 Å². The van der Waals surface area contributed by atoms with Crippen molar-refractivity contribution in [1.29, 1.82) is 0 Å². The number of halogens is 1. The standard InChI is InChI=1S/C23H23ClN4O4/c1-13-26-18-7-4-15(12-25-21(30)11-14-2-5-16(24)6-3-14)10-17(18)23(32)28(13)19-8-9-20(29)27-22(19)31/h2-7,10,19,21,25,30H,8-9,11-12H2,1H3,(H,27,29,31). The minimum atomic E-state index is -0.775. The monoisotopic (exact) mass is 454 g/mol. The van der Waals surface area contributed by atoms with Gasteiger partial charge in [0, 0.05) is 24.4 Å². The number of carbonyl (C=O) groups excluding carboxylic acids is 2. The predicted octanol–water partition coefficient (Wildman–Crippen LogP) is 1.99. The molecule has 3 aromatic rings. The molecule has 1 aliphatic rings. The van der Waals surface area contributed by atoms with Crippen molar-refractivity contribution >= 4 is 34.3 Å². The normalized spacial score (nSPS) is 17.4. The van der Waals surface area contributed by atoms with Gasteiger partial charge in [-0.25, -0.2) is 4.98 Å². The van der Waals surface area contributed by atoms with Crippen LogP contribution >= 0.6 is 11.6 Å². The average molecular weight is 455 g/mol. The summed E-state index contributed by atoms with van der Waals surface area (Å²) < 4.78 is 1.36. The Labute approximate surface area is 189 Å². The summed E-state index contributed by atoms with van der Waals surface area (Å²) in [5.74, 6) is -0.409. The molecule has 0 saturated carbocycles. The quantitative estimate of drug-likeness (QED) is 0.388. The van der Waals surface area contributed by atoms with E-state index in [-0.39, 0.29) is 24.3 Å². The van der Waals surface area contributed by atoms with Crippen LogP contribution in [-0.4, -0.2) is 32.7 Å². The van der Waals surface area contributed by atoms with E-state index in [1.165, 1.54) is 4.57 Å². The number of carbonyl (C=O) groups is 2. The molecule has 1 aromatic heterocycles. The first-order valence-electron chi connectivity index (χ1n) is 10.3. The van der Waals surface area contributed by atoms with Gasteiger partial charge in [0.15, 0.2) is 0 Å². The van der Waals surface area contributed by atoms with E-state index in [2.05, 4.69) is 15.6 Å². The maximum atomic E-state index is 13.2. The molecule has 0 spiro atoms. The molecule has 166 valence electrons. The minimum absolute atomic E-state index is 0.176. The molecule has 2 aromatic carbocycles. The number of aryl methyl sites for hydroxylation is 1. The summed E-state index contributed by atoms with van der Waals surface area (Å²) in [4.78, 5) is 41.5. The second kappa shape index (κ2) is 9.20. The molecule has 2 amide bonds. The lowest BCUT2D eigenvalue weighted by Crippen LogP contribution is -2.45. The zero-order chi connectivity index (χ0) is 22.8. The Morgan fingerprint density at radius 3 is 2.62 bits per heavy atom. The summed E-state index contributed by atoms with van der Waals surface area (Å²) in [6.07, 6.45) is 0.0727. The van der Waals surface area contributed by atoms with Gasteiger partial charge in [0.2, 0.25) is 11.8 Å². The highest BCUT2D eigenvalue weighted by molar-refractivity contribution is 6.30. The lowest BCUT2D eigenvalue weighted by atomic mass is 10.0. The van der Waals surface area contributed by atoms with Crippen molar-refractivity contribution in [2.75, 3.05) is 0 Å². The number of benzene rings is 2. The number of hydrogen-bond donors (Lipinski definition) is 3. The van der Waals surface area contributed by atoms with Gasteiger partial charge in [-0.1, -0.05) is 29.8 Å². The van der Waals surface area contributed by atoms with Gasteiger partial charge in [-0.2, -0.15) is 0 Å². The van der Waals surface area contributed by atoms with Crippen LogP contribution in [0.2, 0.25) is 5.02 Å². The van der Waals surface area contributed by atoms with Crippen LogP contribution in [0.4, 0.5) is 0 Å². The highest BCUT2D eigenvalue weighted by atomic mass is 35.5. The third kappa shape index (κ3) is 4.72. The number of rotatable bonds is 6. The maximum absolute atomic E-state index is 13.2.